The van der Waals surface area contributed by atoms with E-state index in [1.165, 1.54) is 0 Å². The van der Waals surface area contributed by atoms with E-state index in [0.717, 1.165) is 0 Å². The molecule has 5 nitrogen and oxygen atoms in total. The van der Waals surface area contributed by atoms with Crippen LogP contribution in [0.15, 0.2) is 48.5 Å². The summed E-state index contributed by atoms with van der Waals surface area (Å²) in [6.45, 7) is 0. The van der Waals surface area contributed by atoms with Crippen molar-refractivity contribution in [3.05, 3.63) is 80.4 Å². The Labute approximate surface area is 136 Å². The van der Waals surface area contributed by atoms with Crippen molar-refractivity contribution in [1.29, 1.82) is 0 Å². The Morgan fingerprint density at radius 3 is 1.96 bits per heavy atom. The number of rotatable bonds is 2. The van der Waals surface area contributed by atoms with Gasteiger partial charge in [0.2, 0.25) is 6.04 Å². The Morgan fingerprint density at radius 2 is 1.48 bits per heavy atom. The fourth-order valence-electron chi connectivity index (χ4n) is 3.75. The van der Waals surface area contributed by atoms with E-state index in [2.05, 4.69) is 0 Å². The quantitative estimate of drug-likeness (QED) is 0.482. The number of carbonyl (C=O) groups excluding carboxylic acids is 2. The van der Waals surface area contributed by atoms with E-state index in [4.69, 9.17) is 11.6 Å². The summed E-state index contributed by atoms with van der Waals surface area (Å²) in [5, 5.41) is 12.0. The van der Waals surface area contributed by atoms with Crippen LogP contribution in [0.1, 0.15) is 32.2 Å². The van der Waals surface area contributed by atoms with Crippen molar-refractivity contribution in [3.63, 3.8) is 0 Å². The summed E-state index contributed by atoms with van der Waals surface area (Å²) in [6.07, 6.45) is 0. The molecule has 1 saturated carbocycles. The number of carbonyl (C=O) groups is 2. The average molecular weight is 328 g/mol. The van der Waals surface area contributed by atoms with Crippen LogP contribution in [0.25, 0.3) is 0 Å². The van der Waals surface area contributed by atoms with Crippen molar-refractivity contribution in [2.75, 3.05) is 0 Å². The second kappa shape index (κ2) is 4.49. The van der Waals surface area contributed by atoms with Crippen LogP contribution in [-0.2, 0) is 0 Å². The van der Waals surface area contributed by atoms with Crippen molar-refractivity contribution < 1.29 is 14.5 Å². The Balaban J connectivity index is 1.87. The van der Waals surface area contributed by atoms with Crippen LogP contribution < -0.4 is 0 Å². The number of Topliss-reactive ketones (excluding diaryl/α,β-unsaturated/α-hetero) is 2. The minimum absolute atomic E-state index is 0.279. The van der Waals surface area contributed by atoms with Gasteiger partial charge in [0.1, 0.15) is 0 Å². The van der Waals surface area contributed by atoms with Gasteiger partial charge in [0, 0.05) is 21.1 Å². The summed E-state index contributed by atoms with van der Waals surface area (Å²) in [5.74, 6) is -1.64. The van der Waals surface area contributed by atoms with E-state index in [9.17, 15) is 19.7 Å². The van der Waals surface area contributed by atoms with E-state index < -0.39 is 33.9 Å². The lowest BCUT2D eigenvalue weighted by Gasteiger charge is -2.03. The highest BCUT2D eigenvalue weighted by Crippen LogP contribution is 2.66. The lowest BCUT2D eigenvalue weighted by atomic mass is 9.93. The first-order valence-electron chi connectivity index (χ1n) is 7.07. The van der Waals surface area contributed by atoms with Crippen LogP contribution in [0.4, 0.5) is 0 Å². The third-order valence-electron chi connectivity index (χ3n) is 4.79. The van der Waals surface area contributed by atoms with Crippen molar-refractivity contribution in [2.45, 2.75) is 12.0 Å². The van der Waals surface area contributed by atoms with Gasteiger partial charge < -0.3 is 0 Å². The molecule has 0 aliphatic heterocycles. The highest BCUT2D eigenvalue weighted by atomic mass is 35.5. The highest BCUT2D eigenvalue weighted by Gasteiger charge is 2.84. The molecule has 0 amide bonds. The van der Waals surface area contributed by atoms with Gasteiger partial charge in [-0.1, -0.05) is 48.0 Å². The van der Waals surface area contributed by atoms with Gasteiger partial charge >= 0.3 is 0 Å². The maximum absolute atomic E-state index is 12.8. The van der Waals surface area contributed by atoms with E-state index in [1.807, 2.05) is 0 Å². The lowest BCUT2D eigenvalue weighted by Crippen LogP contribution is -2.25. The molecule has 4 rings (SSSR count). The molecule has 6 heteroatoms. The SMILES string of the molecule is O=C1c2ccccc2C(=O)C12C(c1ccc(Cl)cc1)C2[N+](=O)[O-]. The number of halogens is 1. The number of ketones is 2. The van der Waals surface area contributed by atoms with Gasteiger partial charge in [-0.05, 0) is 17.7 Å². The number of nitrogens with zero attached hydrogens (tertiary/aromatic N) is 1. The van der Waals surface area contributed by atoms with Crippen LogP contribution in [-0.4, -0.2) is 22.5 Å². The van der Waals surface area contributed by atoms with Gasteiger partial charge in [-0.2, -0.15) is 0 Å². The zero-order valence-electron chi connectivity index (χ0n) is 11.7. The van der Waals surface area contributed by atoms with E-state index in [1.54, 1.807) is 48.5 Å². The molecular weight excluding hydrogens is 318 g/mol. The first-order chi connectivity index (χ1) is 11.0. The molecule has 2 atom stereocenters. The van der Waals surface area contributed by atoms with Crippen LogP contribution in [0, 0.1) is 15.5 Å². The van der Waals surface area contributed by atoms with Gasteiger partial charge in [-0.15, -0.1) is 0 Å². The molecule has 0 N–H and O–H groups in total. The molecule has 0 saturated heterocycles. The number of fused-ring (bicyclic) bond motifs is 1. The Hall–Kier alpha value is -2.53. The molecule has 0 aromatic heterocycles. The van der Waals surface area contributed by atoms with Crippen molar-refractivity contribution in [1.82, 2.24) is 0 Å². The zero-order chi connectivity index (χ0) is 16.4. The van der Waals surface area contributed by atoms with Crippen LogP contribution in [0.2, 0.25) is 5.02 Å². The van der Waals surface area contributed by atoms with Crippen molar-refractivity contribution >= 4 is 23.2 Å². The second-order valence-corrected chi connectivity index (χ2v) is 6.27. The summed E-state index contributed by atoms with van der Waals surface area (Å²) < 4.78 is 0. The third-order valence-corrected chi connectivity index (χ3v) is 5.04. The normalized spacial score (nSPS) is 23.9. The molecular formula is C17H10ClNO4. The first kappa shape index (κ1) is 14.1. The van der Waals surface area contributed by atoms with Crippen LogP contribution in [0.5, 0.6) is 0 Å². The van der Waals surface area contributed by atoms with Gasteiger partial charge in [0.15, 0.2) is 17.0 Å². The monoisotopic (exact) mass is 327 g/mol. The maximum Gasteiger partial charge on any atom is 0.242 e. The molecule has 2 aromatic carbocycles. The predicted octanol–water partition coefficient (Wildman–Crippen LogP) is 3.15. The van der Waals surface area contributed by atoms with Crippen molar-refractivity contribution in [2.24, 2.45) is 5.41 Å². The highest BCUT2D eigenvalue weighted by molar-refractivity contribution is 6.33. The molecule has 2 aliphatic carbocycles. The molecule has 114 valence electrons. The van der Waals surface area contributed by atoms with Gasteiger partial charge in [0.05, 0.1) is 5.92 Å². The molecule has 0 bridgehead atoms. The Morgan fingerprint density at radius 1 is 0.957 bits per heavy atom. The molecule has 1 spiro atoms. The molecule has 23 heavy (non-hydrogen) atoms. The van der Waals surface area contributed by atoms with Gasteiger partial charge in [-0.25, -0.2) is 0 Å². The van der Waals surface area contributed by atoms with E-state index in [0.29, 0.717) is 10.6 Å². The molecule has 1 fully saturated rings. The summed E-state index contributed by atoms with van der Waals surface area (Å²) in [4.78, 5) is 36.6. The smallest absolute Gasteiger partial charge is 0.242 e. The van der Waals surface area contributed by atoms with Gasteiger partial charge in [-0.3, -0.25) is 19.7 Å². The fraction of sp³-hybridized carbons (Fsp3) is 0.176. The fourth-order valence-corrected chi connectivity index (χ4v) is 3.88. The Kier molecular flexibility index (Phi) is 2.75. The molecule has 2 unspecified atom stereocenters. The van der Waals surface area contributed by atoms with E-state index >= 15 is 0 Å². The average Bonchev–Trinajstić information content (AvgIpc) is 3.20. The molecule has 2 aliphatic rings. The largest absolute Gasteiger partial charge is 0.293 e. The predicted molar refractivity (Wildman–Crippen MR) is 82.5 cm³/mol. The molecule has 0 heterocycles. The Bertz CT molecular complexity index is 839. The number of nitro groups is 1. The molecule has 2 aromatic rings. The summed E-state index contributed by atoms with van der Waals surface area (Å²) in [5.41, 5.74) is -0.451. The summed E-state index contributed by atoms with van der Waals surface area (Å²) in [6, 6.07) is 11.7. The van der Waals surface area contributed by atoms with Crippen molar-refractivity contribution in [3.8, 4) is 0 Å². The van der Waals surface area contributed by atoms with Gasteiger partial charge in [0.25, 0.3) is 0 Å². The lowest BCUT2D eigenvalue weighted by molar-refractivity contribution is -0.500. The van der Waals surface area contributed by atoms with E-state index in [-0.39, 0.29) is 11.1 Å². The van der Waals surface area contributed by atoms with Crippen LogP contribution >= 0.6 is 11.6 Å². The van der Waals surface area contributed by atoms with Crippen LogP contribution in [0.3, 0.4) is 0 Å². The molecule has 0 radical (unpaired) electrons. The summed E-state index contributed by atoms with van der Waals surface area (Å²) in [7, 11) is 0. The maximum atomic E-state index is 12.8. The standard InChI is InChI=1S/C17H10ClNO4/c18-10-7-5-9(6-8-10)13-14(19(22)23)17(13)15(20)11-3-1-2-4-12(11)16(17)21/h1-8,13-14H. The number of hydrogen-bond acceptors (Lipinski definition) is 4. The first-order valence-corrected chi connectivity index (χ1v) is 7.45. The topological polar surface area (TPSA) is 77.3 Å². The zero-order valence-corrected chi connectivity index (χ0v) is 12.5. The second-order valence-electron chi connectivity index (χ2n) is 5.83. The third kappa shape index (κ3) is 1.63. The minimum Gasteiger partial charge on any atom is -0.293 e. The summed E-state index contributed by atoms with van der Waals surface area (Å²) >= 11 is 5.85. The number of benzene rings is 2. The minimum atomic E-state index is -1.60. The number of hydrogen-bond donors (Lipinski definition) is 0.